The lowest BCUT2D eigenvalue weighted by molar-refractivity contribution is -0.143. The number of halogens is 1. The van der Waals surface area contributed by atoms with Crippen molar-refractivity contribution in [3.8, 4) is 0 Å². The molecule has 0 amide bonds. The second-order valence-corrected chi connectivity index (χ2v) is 6.98. The predicted molar refractivity (Wildman–Crippen MR) is 94.0 cm³/mol. The molecule has 0 N–H and O–H groups in total. The van der Waals surface area contributed by atoms with E-state index >= 15 is 0 Å². The lowest BCUT2D eigenvalue weighted by atomic mass is 9.76. The quantitative estimate of drug-likeness (QED) is 0.394. The van der Waals surface area contributed by atoms with Gasteiger partial charge in [0.2, 0.25) is 0 Å². The van der Waals surface area contributed by atoms with E-state index in [1.807, 2.05) is 34.6 Å². The summed E-state index contributed by atoms with van der Waals surface area (Å²) in [4.78, 5) is 11.3. The molecule has 0 aromatic carbocycles. The van der Waals surface area contributed by atoms with Crippen molar-refractivity contribution in [3.05, 3.63) is 35.6 Å². The van der Waals surface area contributed by atoms with Crippen molar-refractivity contribution < 1.29 is 23.2 Å². The minimum atomic E-state index is -0.681. The predicted octanol–water partition coefficient (Wildman–Crippen LogP) is 4.32. The molecule has 1 aliphatic rings. The van der Waals surface area contributed by atoms with Gasteiger partial charge in [-0.15, -0.1) is 0 Å². The summed E-state index contributed by atoms with van der Waals surface area (Å²) in [5, 5.41) is 0. The van der Waals surface area contributed by atoms with Crippen LogP contribution in [0.15, 0.2) is 35.6 Å². The summed E-state index contributed by atoms with van der Waals surface area (Å²) >= 11 is 0. The molecule has 6 heteroatoms. The Morgan fingerprint density at radius 2 is 1.71 bits per heavy atom. The SMILES string of the molecule is C=C(C)/C=C(\C=C(/F)CCC(=O)OCC)B1OC(C)(C)C(C)(C)O1. The maximum atomic E-state index is 14.2. The van der Waals surface area contributed by atoms with E-state index < -0.39 is 30.1 Å². The number of esters is 1. The molecule has 0 radical (unpaired) electrons. The molecule has 0 unspecified atom stereocenters. The largest absolute Gasteiger partial charge is 0.494 e. The van der Waals surface area contributed by atoms with Crippen molar-refractivity contribution in [2.75, 3.05) is 6.61 Å². The molecule has 1 fully saturated rings. The van der Waals surface area contributed by atoms with E-state index in [-0.39, 0.29) is 12.8 Å². The van der Waals surface area contributed by atoms with E-state index in [9.17, 15) is 9.18 Å². The topological polar surface area (TPSA) is 44.8 Å². The zero-order valence-electron chi connectivity index (χ0n) is 15.6. The highest BCUT2D eigenvalue weighted by Crippen LogP contribution is 2.39. The van der Waals surface area contributed by atoms with E-state index in [0.29, 0.717) is 12.1 Å². The molecule has 1 aliphatic heterocycles. The number of hydrogen-bond donors (Lipinski definition) is 0. The fraction of sp³-hybridized carbons (Fsp3) is 0.611. The van der Waals surface area contributed by atoms with Gasteiger partial charge < -0.3 is 14.0 Å². The molecule has 0 aliphatic carbocycles. The van der Waals surface area contributed by atoms with Gasteiger partial charge in [0, 0.05) is 6.42 Å². The van der Waals surface area contributed by atoms with Crippen LogP contribution in [0.1, 0.15) is 54.4 Å². The molecular weight excluding hydrogens is 310 g/mol. The van der Waals surface area contributed by atoms with Crippen LogP contribution in [0, 0.1) is 0 Å². The van der Waals surface area contributed by atoms with Crippen molar-refractivity contribution in [2.45, 2.75) is 65.6 Å². The summed E-state index contributed by atoms with van der Waals surface area (Å²) in [7, 11) is -0.681. The first kappa shape index (κ1) is 20.6. The van der Waals surface area contributed by atoms with Crippen molar-refractivity contribution in [1.29, 1.82) is 0 Å². The fourth-order valence-electron chi connectivity index (χ4n) is 2.15. The molecule has 0 saturated carbocycles. The van der Waals surface area contributed by atoms with E-state index in [0.717, 1.165) is 5.57 Å². The number of rotatable bonds is 7. The average molecular weight is 338 g/mol. The maximum absolute atomic E-state index is 14.2. The molecule has 0 spiro atoms. The Labute approximate surface area is 144 Å². The minimum absolute atomic E-state index is 0.000107. The molecule has 24 heavy (non-hydrogen) atoms. The van der Waals surface area contributed by atoms with Crippen LogP contribution < -0.4 is 0 Å². The molecule has 0 atom stereocenters. The number of carbonyl (C=O) groups excluding carboxylic acids is 1. The smallest absolute Gasteiger partial charge is 0.466 e. The van der Waals surface area contributed by atoms with Gasteiger partial charge in [-0.2, -0.15) is 0 Å². The molecular formula is C18H28BFO4. The maximum Gasteiger partial charge on any atom is 0.494 e. The van der Waals surface area contributed by atoms with Gasteiger partial charge in [-0.05, 0) is 53.1 Å². The molecule has 134 valence electrons. The zero-order chi connectivity index (χ0) is 18.5. The summed E-state index contributed by atoms with van der Waals surface area (Å²) in [6.45, 7) is 15.4. The third-order valence-electron chi connectivity index (χ3n) is 4.14. The monoisotopic (exact) mass is 338 g/mol. The van der Waals surface area contributed by atoms with E-state index in [1.54, 1.807) is 13.0 Å². The Morgan fingerprint density at radius 3 is 2.17 bits per heavy atom. The summed E-state index contributed by atoms with van der Waals surface area (Å²) in [6.07, 6.45) is 3.06. The molecule has 1 heterocycles. The second kappa shape index (κ2) is 8.12. The Morgan fingerprint density at radius 1 is 1.17 bits per heavy atom. The minimum Gasteiger partial charge on any atom is -0.466 e. The Kier molecular flexibility index (Phi) is 6.99. The van der Waals surface area contributed by atoms with Crippen LogP contribution >= 0.6 is 0 Å². The highest BCUT2D eigenvalue weighted by molar-refractivity contribution is 6.55. The lowest BCUT2D eigenvalue weighted by Gasteiger charge is -2.32. The normalized spacial score (nSPS) is 20.2. The zero-order valence-corrected chi connectivity index (χ0v) is 15.6. The van der Waals surface area contributed by atoms with Crippen LogP contribution in [0.5, 0.6) is 0 Å². The molecule has 1 rings (SSSR count). The van der Waals surface area contributed by atoms with Gasteiger partial charge in [-0.3, -0.25) is 4.79 Å². The average Bonchev–Trinajstić information content (AvgIpc) is 2.64. The van der Waals surface area contributed by atoms with Gasteiger partial charge in [0.25, 0.3) is 0 Å². The number of carbonyl (C=O) groups is 1. The summed E-state index contributed by atoms with van der Waals surface area (Å²) in [6, 6.07) is 0. The van der Waals surface area contributed by atoms with Gasteiger partial charge in [0.1, 0.15) is 5.83 Å². The number of hydrogen-bond acceptors (Lipinski definition) is 4. The van der Waals surface area contributed by atoms with Crippen LogP contribution in [0.4, 0.5) is 4.39 Å². The molecule has 0 aromatic rings. The van der Waals surface area contributed by atoms with Gasteiger partial charge >= 0.3 is 13.1 Å². The van der Waals surface area contributed by atoms with Gasteiger partial charge in [0.05, 0.1) is 24.2 Å². The van der Waals surface area contributed by atoms with Crippen molar-refractivity contribution >= 4 is 13.1 Å². The molecule has 0 aromatic heterocycles. The van der Waals surface area contributed by atoms with Crippen LogP contribution in [0.25, 0.3) is 0 Å². The van der Waals surface area contributed by atoms with Gasteiger partial charge in [-0.25, -0.2) is 4.39 Å². The van der Waals surface area contributed by atoms with Gasteiger partial charge in [-0.1, -0.05) is 18.2 Å². The van der Waals surface area contributed by atoms with Crippen LogP contribution in [0.3, 0.4) is 0 Å². The standard InChI is InChI=1S/C18H28BFO4/c1-8-22-16(21)10-9-15(20)12-14(11-13(2)3)19-23-17(4,5)18(6,7)24-19/h11-12H,2,8-10H2,1,3-7H3/b14-11+,15-12-. The Hall–Kier alpha value is -1.40. The molecule has 1 saturated heterocycles. The lowest BCUT2D eigenvalue weighted by Crippen LogP contribution is -2.41. The first-order valence-electron chi connectivity index (χ1n) is 8.23. The van der Waals surface area contributed by atoms with Crippen LogP contribution in [-0.4, -0.2) is 30.9 Å². The highest BCUT2D eigenvalue weighted by Gasteiger charge is 2.52. The molecule has 0 bridgehead atoms. The second-order valence-electron chi connectivity index (χ2n) is 6.98. The first-order valence-corrected chi connectivity index (χ1v) is 8.23. The summed E-state index contributed by atoms with van der Waals surface area (Å²) in [5.74, 6) is -0.840. The van der Waals surface area contributed by atoms with Crippen LogP contribution in [-0.2, 0) is 18.8 Å². The first-order chi connectivity index (χ1) is 11.0. The number of ether oxygens (including phenoxy) is 1. The molecule has 4 nitrogen and oxygen atoms in total. The van der Waals surface area contributed by atoms with E-state index in [4.69, 9.17) is 14.0 Å². The van der Waals surface area contributed by atoms with Crippen molar-refractivity contribution in [3.63, 3.8) is 0 Å². The summed E-state index contributed by atoms with van der Waals surface area (Å²) < 4.78 is 30.9. The van der Waals surface area contributed by atoms with Crippen LogP contribution in [0.2, 0.25) is 0 Å². The summed E-state index contributed by atoms with van der Waals surface area (Å²) in [5.41, 5.74) is 0.277. The Bertz CT molecular complexity index is 533. The number of allylic oxidation sites excluding steroid dienone is 5. The highest BCUT2D eigenvalue weighted by atomic mass is 19.1. The fourth-order valence-corrected chi connectivity index (χ4v) is 2.15. The van der Waals surface area contributed by atoms with Crippen molar-refractivity contribution in [1.82, 2.24) is 0 Å². The van der Waals surface area contributed by atoms with Gasteiger partial charge in [0.15, 0.2) is 0 Å². The third kappa shape index (κ3) is 5.60. The van der Waals surface area contributed by atoms with E-state index in [2.05, 4.69) is 6.58 Å². The van der Waals surface area contributed by atoms with Crippen molar-refractivity contribution in [2.24, 2.45) is 0 Å². The third-order valence-corrected chi connectivity index (χ3v) is 4.14. The Balaban J connectivity index is 2.90. The van der Waals surface area contributed by atoms with E-state index in [1.165, 1.54) is 6.08 Å².